The van der Waals surface area contributed by atoms with Crippen LogP contribution >= 0.6 is 0 Å². The molecule has 0 radical (unpaired) electrons. The van der Waals surface area contributed by atoms with Gasteiger partial charge in [0.25, 0.3) is 0 Å². The Labute approximate surface area is 196 Å². The first-order valence-electron chi connectivity index (χ1n) is 11.9. The van der Waals surface area contributed by atoms with Gasteiger partial charge in [-0.1, -0.05) is 37.3 Å². The molecular formula is C25H38N2O6. The van der Waals surface area contributed by atoms with E-state index in [1.807, 2.05) is 44.2 Å². The molecule has 0 spiro atoms. The van der Waals surface area contributed by atoms with E-state index in [9.17, 15) is 4.79 Å². The van der Waals surface area contributed by atoms with Crippen molar-refractivity contribution < 1.29 is 28.5 Å². The zero-order chi connectivity index (χ0) is 23.7. The molecular weight excluding hydrogens is 424 g/mol. The van der Waals surface area contributed by atoms with Gasteiger partial charge < -0.3 is 29.0 Å². The monoisotopic (exact) mass is 462 g/mol. The lowest BCUT2D eigenvalue weighted by Crippen LogP contribution is -2.63. The van der Waals surface area contributed by atoms with E-state index in [2.05, 4.69) is 24.1 Å². The first kappa shape index (κ1) is 24.4. The SMILES string of the molecule is COC1[C@H](C)CO[C@@]2(CN3CCC(C)(NC(=O)OCc4ccccc4)CC3)OC(C)(C)O[C@@H]12. The predicted molar refractivity (Wildman–Crippen MR) is 123 cm³/mol. The number of hydrogen-bond acceptors (Lipinski definition) is 7. The van der Waals surface area contributed by atoms with Gasteiger partial charge in [-0.2, -0.15) is 0 Å². The smallest absolute Gasteiger partial charge is 0.407 e. The van der Waals surface area contributed by atoms with E-state index >= 15 is 0 Å². The minimum absolute atomic E-state index is 0.0865. The Morgan fingerprint density at radius 2 is 1.88 bits per heavy atom. The first-order valence-corrected chi connectivity index (χ1v) is 11.9. The molecule has 0 aromatic heterocycles. The Morgan fingerprint density at radius 1 is 1.18 bits per heavy atom. The van der Waals surface area contributed by atoms with E-state index in [1.165, 1.54) is 0 Å². The number of carbonyl (C=O) groups is 1. The van der Waals surface area contributed by atoms with Crippen molar-refractivity contribution in [3.05, 3.63) is 35.9 Å². The summed E-state index contributed by atoms with van der Waals surface area (Å²) in [6.07, 6.45) is 0.859. The van der Waals surface area contributed by atoms with Gasteiger partial charge in [0.2, 0.25) is 5.79 Å². The van der Waals surface area contributed by atoms with Crippen molar-refractivity contribution in [3.63, 3.8) is 0 Å². The van der Waals surface area contributed by atoms with Gasteiger partial charge >= 0.3 is 6.09 Å². The molecule has 3 aliphatic rings. The molecule has 4 rings (SSSR count). The molecule has 3 heterocycles. The van der Waals surface area contributed by atoms with Crippen LogP contribution in [0.2, 0.25) is 0 Å². The summed E-state index contributed by atoms with van der Waals surface area (Å²) in [5.74, 6) is -1.37. The number of piperidine rings is 1. The summed E-state index contributed by atoms with van der Waals surface area (Å²) >= 11 is 0. The molecule has 8 heteroatoms. The third-order valence-electron chi connectivity index (χ3n) is 7.00. The molecule has 4 atom stereocenters. The van der Waals surface area contributed by atoms with Gasteiger partial charge in [0, 0.05) is 31.7 Å². The molecule has 3 saturated heterocycles. The van der Waals surface area contributed by atoms with Crippen LogP contribution in [0, 0.1) is 5.92 Å². The number of rotatable bonds is 6. The van der Waals surface area contributed by atoms with Crippen molar-refractivity contribution in [1.82, 2.24) is 10.2 Å². The van der Waals surface area contributed by atoms with E-state index in [0.29, 0.717) is 13.2 Å². The lowest BCUT2D eigenvalue weighted by molar-refractivity contribution is -0.292. The second-order valence-corrected chi connectivity index (χ2v) is 10.4. The van der Waals surface area contributed by atoms with Gasteiger partial charge in [-0.15, -0.1) is 0 Å². The summed E-state index contributed by atoms with van der Waals surface area (Å²) in [5.41, 5.74) is 0.657. The van der Waals surface area contributed by atoms with Crippen LogP contribution in [0.1, 0.15) is 46.1 Å². The summed E-state index contributed by atoms with van der Waals surface area (Å²) in [6, 6.07) is 9.70. The molecule has 1 aromatic carbocycles. The van der Waals surface area contributed by atoms with Crippen molar-refractivity contribution in [2.45, 2.75) is 76.5 Å². The highest BCUT2D eigenvalue weighted by Gasteiger charge is 2.61. The van der Waals surface area contributed by atoms with Crippen LogP contribution in [-0.4, -0.2) is 73.7 Å². The number of carbonyl (C=O) groups excluding carboxylic acids is 1. The maximum atomic E-state index is 12.4. The molecule has 1 aromatic rings. The van der Waals surface area contributed by atoms with Gasteiger partial charge in [0.1, 0.15) is 12.7 Å². The number of alkyl carbamates (subject to hydrolysis) is 1. The van der Waals surface area contributed by atoms with E-state index in [4.69, 9.17) is 23.7 Å². The summed E-state index contributed by atoms with van der Waals surface area (Å²) in [6.45, 7) is 11.1. The highest BCUT2D eigenvalue weighted by molar-refractivity contribution is 5.68. The van der Waals surface area contributed by atoms with Gasteiger partial charge in [-0.05, 0) is 39.2 Å². The average Bonchev–Trinajstić information content (AvgIpc) is 3.05. The fourth-order valence-electron chi connectivity index (χ4n) is 5.16. The Bertz CT molecular complexity index is 810. The first-order chi connectivity index (χ1) is 15.6. The van der Waals surface area contributed by atoms with Crippen molar-refractivity contribution in [3.8, 4) is 0 Å². The number of hydrogen-bond donors (Lipinski definition) is 1. The van der Waals surface area contributed by atoms with Gasteiger partial charge in [0.15, 0.2) is 5.79 Å². The number of likely N-dealkylation sites (tertiary alicyclic amines) is 1. The average molecular weight is 463 g/mol. The predicted octanol–water partition coefficient (Wildman–Crippen LogP) is 3.30. The number of nitrogens with one attached hydrogen (secondary N) is 1. The molecule has 0 aliphatic carbocycles. The molecule has 184 valence electrons. The summed E-state index contributed by atoms with van der Waals surface area (Å²) < 4.78 is 30.1. The van der Waals surface area contributed by atoms with E-state index in [-0.39, 0.29) is 36.4 Å². The molecule has 1 unspecified atom stereocenters. The van der Waals surface area contributed by atoms with Gasteiger partial charge in [0.05, 0.1) is 19.3 Å². The second kappa shape index (κ2) is 9.50. The molecule has 3 aliphatic heterocycles. The minimum Gasteiger partial charge on any atom is -0.445 e. The van der Waals surface area contributed by atoms with E-state index < -0.39 is 11.6 Å². The largest absolute Gasteiger partial charge is 0.445 e. The molecule has 0 saturated carbocycles. The molecule has 1 N–H and O–H groups in total. The van der Waals surface area contributed by atoms with Crippen LogP contribution < -0.4 is 5.32 Å². The summed E-state index contributed by atoms with van der Waals surface area (Å²) in [7, 11) is 1.72. The fraction of sp³-hybridized carbons (Fsp3) is 0.720. The van der Waals surface area contributed by atoms with Crippen molar-refractivity contribution in [1.29, 1.82) is 0 Å². The number of amides is 1. The topological polar surface area (TPSA) is 78.5 Å². The molecule has 8 nitrogen and oxygen atoms in total. The summed E-state index contributed by atoms with van der Waals surface area (Å²) in [5, 5.41) is 3.07. The Hall–Kier alpha value is -1.71. The zero-order valence-electron chi connectivity index (χ0n) is 20.5. The van der Waals surface area contributed by atoms with Crippen LogP contribution in [0.15, 0.2) is 30.3 Å². The molecule has 3 fully saturated rings. The zero-order valence-corrected chi connectivity index (χ0v) is 20.5. The van der Waals surface area contributed by atoms with Gasteiger partial charge in [-0.25, -0.2) is 4.79 Å². The second-order valence-electron chi connectivity index (χ2n) is 10.4. The Morgan fingerprint density at radius 3 is 2.55 bits per heavy atom. The lowest BCUT2D eigenvalue weighted by atomic mass is 9.87. The third kappa shape index (κ3) is 5.52. The molecule has 0 bridgehead atoms. The van der Waals surface area contributed by atoms with Crippen molar-refractivity contribution >= 4 is 6.09 Å². The van der Waals surface area contributed by atoms with Crippen LogP contribution in [0.5, 0.6) is 0 Å². The number of ether oxygens (including phenoxy) is 5. The molecule has 33 heavy (non-hydrogen) atoms. The quantitative estimate of drug-likeness (QED) is 0.695. The Balaban J connectivity index is 1.32. The highest BCUT2D eigenvalue weighted by Crippen LogP contribution is 2.45. The molecule has 1 amide bonds. The highest BCUT2D eigenvalue weighted by atomic mass is 16.8. The van der Waals surface area contributed by atoms with Crippen LogP contribution in [-0.2, 0) is 30.3 Å². The fourth-order valence-corrected chi connectivity index (χ4v) is 5.16. The van der Waals surface area contributed by atoms with Crippen molar-refractivity contribution in [2.75, 3.05) is 33.4 Å². The summed E-state index contributed by atoms with van der Waals surface area (Å²) in [4.78, 5) is 14.7. The number of nitrogens with zero attached hydrogens (tertiary/aromatic N) is 1. The number of benzene rings is 1. The maximum Gasteiger partial charge on any atom is 0.407 e. The normalized spacial score (nSPS) is 33.3. The van der Waals surface area contributed by atoms with Crippen LogP contribution in [0.4, 0.5) is 4.79 Å². The number of fused-ring (bicyclic) bond motifs is 1. The third-order valence-corrected chi connectivity index (χ3v) is 7.00. The van der Waals surface area contributed by atoms with Crippen LogP contribution in [0.3, 0.4) is 0 Å². The standard InChI is InChI=1S/C25H38N2O6/c1-18-15-31-25(21(20(18)29-5)32-23(2,3)33-25)17-27-13-11-24(4,12-14-27)26-22(28)30-16-19-9-7-6-8-10-19/h6-10,18,20-21H,11-17H2,1-5H3,(H,26,28)/t18-,20?,21+,25+/m1/s1. The minimum atomic E-state index is -0.855. The maximum absolute atomic E-state index is 12.4. The number of methoxy groups -OCH3 is 1. The van der Waals surface area contributed by atoms with E-state index in [0.717, 1.165) is 31.5 Å². The Kier molecular flexibility index (Phi) is 7.03. The van der Waals surface area contributed by atoms with Crippen molar-refractivity contribution in [2.24, 2.45) is 5.92 Å². The van der Waals surface area contributed by atoms with E-state index in [1.54, 1.807) is 7.11 Å². The van der Waals surface area contributed by atoms with Gasteiger partial charge in [-0.3, -0.25) is 4.90 Å². The lowest BCUT2D eigenvalue weighted by Gasteiger charge is -2.47. The van der Waals surface area contributed by atoms with Crippen LogP contribution in [0.25, 0.3) is 0 Å².